The summed E-state index contributed by atoms with van der Waals surface area (Å²) in [6.07, 6.45) is 9.17. The molecule has 1 aliphatic carbocycles. The van der Waals surface area contributed by atoms with Gasteiger partial charge in [0.25, 0.3) is 0 Å². The first-order chi connectivity index (χ1) is 7.92. The molecule has 2 aromatic rings. The molecule has 1 fully saturated rings. The topological polar surface area (TPSA) is 28.7 Å². The zero-order chi connectivity index (χ0) is 10.8. The van der Waals surface area contributed by atoms with E-state index in [4.69, 9.17) is 0 Å². The van der Waals surface area contributed by atoms with Crippen LogP contribution in [0.2, 0.25) is 0 Å². The highest BCUT2D eigenvalue weighted by atomic mass is 15.1. The Hall–Kier alpha value is -1.57. The fraction of sp³-hybridized carbons (Fsp3) is 0.357. The van der Waals surface area contributed by atoms with Gasteiger partial charge in [-0.25, -0.2) is 0 Å². The summed E-state index contributed by atoms with van der Waals surface area (Å²) in [7, 11) is 0. The predicted molar refractivity (Wildman–Crippen MR) is 64.3 cm³/mol. The molecule has 1 aromatic heterocycles. The van der Waals surface area contributed by atoms with Crippen LogP contribution in [0.15, 0.2) is 42.7 Å². The molecule has 1 aliphatic rings. The van der Waals surface area contributed by atoms with E-state index in [2.05, 4.69) is 46.7 Å². The lowest BCUT2D eigenvalue weighted by molar-refractivity contribution is 0.535. The van der Waals surface area contributed by atoms with Gasteiger partial charge in [-0.05, 0) is 18.4 Å². The average molecular weight is 212 g/mol. The summed E-state index contributed by atoms with van der Waals surface area (Å²) in [5.74, 6) is 0. The molecule has 0 saturated heterocycles. The van der Waals surface area contributed by atoms with Crippen molar-refractivity contribution in [2.75, 3.05) is 0 Å². The standard InChI is InChI=1S/C14H16N2/c1-2-6-12(7-3-1)14(8-4-5-9-14)13-10-15-16-11-13/h1-3,6-7,10-11H,4-5,8-9H2,(H,15,16). The lowest BCUT2D eigenvalue weighted by Crippen LogP contribution is -2.22. The van der Waals surface area contributed by atoms with Gasteiger partial charge >= 0.3 is 0 Å². The fourth-order valence-electron chi connectivity index (χ4n) is 2.99. The number of aromatic amines is 1. The molecule has 16 heavy (non-hydrogen) atoms. The van der Waals surface area contributed by atoms with Gasteiger partial charge in [-0.15, -0.1) is 0 Å². The Bertz CT molecular complexity index is 439. The number of aromatic nitrogens is 2. The van der Waals surface area contributed by atoms with E-state index in [-0.39, 0.29) is 5.41 Å². The van der Waals surface area contributed by atoms with Crippen LogP contribution in [0.1, 0.15) is 36.8 Å². The van der Waals surface area contributed by atoms with Crippen molar-refractivity contribution in [3.63, 3.8) is 0 Å². The maximum Gasteiger partial charge on any atom is 0.0528 e. The van der Waals surface area contributed by atoms with E-state index >= 15 is 0 Å². The first kappa shape index (κ1) is 9.64. The first-order valence-corrected chi connectivity index (χ1v) is 5.97. The summed E-state index contributed by atoms with van der Waals surface area (Å²) >= 11 is 0. The van der Waals surface area contributed by atoms with E-state index in [0.717, 1.165) is 0 Å². The Morgan fingerprint density at radius 1 is 1.00 bits per heavy atom. The number of nitrogens with one attached hydrogen (secondary N) is 1. The lowest BCUT2D eigenvalue weighted by Gasteiger charge is -2.28. The molecule has 1 aromatic carbocycles. The number of rotatable bonds is 2. The van der Waals surface area contributed by atoms with E-state index in [1.54, 1.807) is 0 Å². The molecule has 1 saturated carbocycles. The number of hydrogen-bond acceptors (Lipinski definition) is 1. The third-order valence-corrected chi connectivity index (χ3v) is 3.83. The SMILES string of the molecule is c1ccc(C2(c3cn[nH]c3)CCCC2)cc1. The summed E-state index contributed by atoms with van der Waals surface area (Å²) in [5.41, 5.74) is 3.00. The Balaban J connectivity index is 2.11. The van der Waals surface area contributed by atoms with E-state index in [1.807, 2.05) is 6.20 Å². The minimum absolute atomic E-state index is 0.217. The molecule has 2 nitrogen and oxygen atoms in total. The molecule has 0 spiro atoms. The van der Waals surface area contributed by atoms with E-state index in [9.17, 15) is 0 Å². The summed E-state index contributed by atoms with van der Waals surface area (Å²) in [5, 5.41) is 7.06. The van der Waals surface area contributed by atoms with Gasteiger partial charge in [-0.1, -0.05) is 43.2 Å². The number of hydrogen-bond donors (Lipinski definition) is 1. The maximum absolute atomic E-state index is 4.11. The van der Waals surface area contributed by atoms with E-state index in [1.165, 1.54) is 36.8 Å². The van der Waals surface area contributed by atoms with Crippen molar-refractivity contribution in [1.29, 1.82) is 0 Å². The van der Waals surface area contributed by atoms with Crippen molar-refractivity contribution in [3.05, 3.63) is 53.9 Å². The van der Waals surface area contributed by atoms with Crippen LogP contribution in [0.5, 0.6) is 0 Å². The Morgan fingerprint density at radius 3 is 2.38 bits per heavy atom. The van der Waals surface area contributed by atoms with Crippen molar-refractivity contribution in [3.8, 4) is 0 Å². The quantitative estimate of drug-likeness (QED) is 0.813. The zero-order valence-corrected chi connectivity index (χ0v) is 9.32. The van der Waals surface area contributed by atoms with Crippen molar-refractivity contribution in [2.24, 2.45) is 0 Å². The fourth-order valence-corrected chi connectivity index (χ4v) is 2.99. The van der Waals surface area contributed by atoms with Crippen LogP contribution in [0, 0.1) is 0 Å². The number of nitrogens with zero attached hydrogens (tertiary/aromatic N) is 1. The van der Waals surface area contributed by atoms with Gasteiger partial charge in [0.1, 0.15) is 0 Å². The van der Waals surface area contributed by atoms with Crippen LogP contribution in [0.4, 0.5) is 0 Å². The Kier molecular flexibility index (Phi) is 2.28. The molecule has 82 valence electrons. The van der Waals surface area contributed by atoms with Crippen LogP contribution in [0.25, 0.3) is 0 Å². The van der Waals surface area contributed by atoms with Crippen molar-refractivity contribution in [1.82, 2.24) is 10.2 Å². The molecule has 2 heteroatoms. The second kappa shape index (κ2) is 3.78. The largest absolute Gasteiger partial charge is 0.285 e. The summed E-state index contributed by atoms with van der Waals surface area (Å²) < 4.78 is 0. The highest BCUT2D eigenvalue weighted by Crippen LogP contribution is 2.45. The zero-order valence-electron chi connectivity index (χ0n) is 9.32. The molecule has 0 bridgehead atoms. The molecule has 1 heterocycles. The smallest absolute Gasteiger partial charge is 0.0528 e. The van der Waals surface area contributed by atoms with Gasteiger partial charge in [-0.2, -0.15) is 5.10 Å². The number of H-pyrrole nitrogens is 1. The van der Waals surface area contributed by atoms with Gasteiger partial charge in [0.05, 0.1) is 6.20 Å². The van der Waals surface area contributed by atoms with Crippen LogP contribution in [-0.2, 0) is 5.41 Å². The van der Waals surface area contributed by atoms with Gasteiger partial charge in [0.15, 0.2) is 0 Å². The van der Waals surface area contributed by atoms with Crippen LogP contribution in [0.3, 0.4) is 0 Å². The third-order valence-electron chi connectivity index (χ3n) is 3.83. The minimum atomic E-state index is 0.217. The Labute approximate surface area is 95.7 Å². The van der Waals surface area contributed by atoms with E-state index in [0.29, 0.717) is 0 Å². The molecular formula is C14H16N2. The van der Waals surface area contributed by atoms with Gasteiger partial charge in [0.2, 0.25) is 0 Å². The summed E-state index contributed by atoms with van der Waals surface area (Å²) in [4.78, 5) is 0. The van der Waals surface area contributed by atoms with Gasteiger partial charge < -0.3 is 0 Å². The molecule has 0 atom stereocenters. The highest BCUT2D eigenvalue weighted by Gasteiger charge is 2.37. The summed E-state index contributed by atoms with van der Waals surface area (Å²) in [6, 6.07) is 10.9. The van der Waals surface area contributed by atoms with E-state index < -0.39 is 0 Å². The predicted octanol–water partition coefficient (Wildman–Crippen LogP) is 3.27. The van der Waals surface area contributed by atoms with Crippen molar-refractivity contribution < 1.29 is 0 Å². The Morgan fingerprint density at radius 2 is 1.75 bits per heavy atom. The highest BCUT2D eigenvalue weighted by molar-refractivity contribution is 5.38. The minimum Gasteiger partial charge on any atom is -0.285 e. The molecule has 0 radical (unpaired) electrons. The van der Waals surface area contributed by atoms with Crippen LogP contribution >= 0.6 is 0 Å². The summed E-state index contributed by atoms with van der Waals surface area (Å²) in [6.45, 7) is 0. The number of benzene rings is 1. The molecular weight excluding hydrogens is 196 g/mol. The normalized spacial score (nSPS) is 18.8. The molecule has 0 unspecified atom stereocenters. The van der Waals surface area contributed by atoms with Crippen LogP contribution in [-0.4, -0.2) is 10.2 Å². The monoisotopic (exact) mass is 212 g/mol. The molecule has 0 aliphatic heterocycles. The van der Waals surface area contributed by atoms with Crippen LogP contribution < -0.4 is 0 Å². The third kappa shape index (κ3) is 1.37. The molecule has 1 N–H and O–H groups in total. The molecule has 0 amide bonds. The van der Waals surface area contributed by atoms with Crippen molar-refractivity contribution in [2.45, 2.75) is 31.1 Å². The second-order valence-electron chi connectivity index (χ2n) is 4.64. The molecule has 3 rings (SSSR count). The maximum atomic E-state index is 4.11. The lowest BCUT2D eigenvalue weighted by atomic mass is 9.74. The first-order valence-electron chi connectivity index (χ1n) is 5.97. The average Bonchev–Trinajstić information content (AvgIpc) is 3.02. The van der Waals surface area contributed by atoms with Gasteiger partial charge in [0, 0.05) is 17.2 Å². The van der Waals surface area contributed by atoms with Gasteiger partial charge in [-0.3, -0.25) is 5.10 Å². The second-order valence-corrected chi connectivity index (χ2v) is 4.64. The van der Waals surface area contributed by atoms with Crippen molar-refractivity contribution >= 4 is 0 Å².